The molecule has 0 aliphatic carbocycles. The highest BCUT2D eigenvalue weighted by Gasteiger charge is 2.01. The standard InChI is InChI=1S/C9H6N2O2/c10-4-8-3-7(5-12)1-2-9(8)11-6-13/h1-3,5-6H,(H,11,13). The number of carbonyl (C=O) groups is 2. The predicted molar refractivity (Wildman–Crippen MR) is 46.2 cm³/mol. The summed E-state index contributed by atoms with van der Waals surface area (Å²) in [6, 6.07) is 6.33. The molecular formula is C9H6N2O2. The first-order valence-corrected chi connectivity index (χ1v) is 3.51. The maximum Gasteiger partial charge on any atom is 0.211 e. The van der Waals surface area contributed by atoms with E-state index < -0.39 is 0 Å². The van der Waals surface area contributed by atoms with Gasteiger partial charge in [0.2, 0.25) is 6.41 Å². The quantitative estimate of drug-likeness (QED) is 0.693. The Kier molecular flexibility index (Phi) is 2.77. The Hall–Kier alpha value is -2.15. The molecule has 4 nitrogen and oxygen atoms in total. The Labute approximate surface area is 74.8 Å². The van der Waals surface area contributed by atoms with E-state index >= 15 is 0 Å². The molecule has 1 aromatic carbocycles. The van der Waals surface area contributed by atoms with E-state index in [1.54, 1.807) is 0 Å². The van der Waals surface area contributed by atoms with Crippen molar-refractivity contribution in [3.8, 4) is 6.07 Å². The zero-order valence-electron chi connectivity index (χ0n) is 6.65. The van der Waals surface area contributed by atoms with Crippen LogP contribution in [0.5, 0.6) is 0 Å². The second-order valence-corrected chi connectivity index (χ2v) is 2.30. The van der Waals surface area contributed by atoms with Gasteiger partial charge in [-0.15, -0.1) is 0 Å². The number of nitrogens with one attached hydrogen (secondary N) is 1. The summed E-state index contributed by atoms with van der Waals surface area (Å²) in [6.07, 6.45) is 1.13. The van der Waals surface area contributed by atoms with Gasteiger partial charge in [0.1, 0.15) is 12.4 Å². The Morgan fingerprint density at radius 3 is 2.69 bits per heavy atom. The molecule has 0 unspecified atom stereocenters. The van der Waals surface area contributed by atoms with Gasteiger partial charge >= 0.3 is 0 Å². The van der Waals surface area contributed by atoms with Crippen LogP contribution in [0.2, 0.25) is 0 Å². The summed E-state index contributed by atoms with van der Waals surface area (Å²) in [4.78, 5) is 20.5. The highest BCUT2D eigenvalue weighted by molar-refractivity contribution is 5.81. The number of benzene rings is 1. The van der Waals surface area contributed by atoms with Crippen molar-refractivity contribution in [2.75, 3.05) is 5.32 Å². The summed E-state index contributed by atoms with van der Waals surface area (Å²) in [6.45, 7) is 0. The third-order valence-electron chi connectivity index (χ3n) is 1.51. The average molecular weight is 174 g/mol. The van der Waals surface area contributed by atoms with Gasteiger partial charge in [-0.1, -0.05) is 0 Å². The Balaban J connectivity index is 3.16. The maximum atomic E-state index is 10.3. The van der Waals surface area contributed by atoms with Crippen LogP contribution in [0.15, 0.2) is 18.2 Å². The summed E-state index contributed by atoms with van der Waals surface area (Å²) in [7, 11) is 0. The zero-order chi connectivity index (χ0) is 9.68. The zero-order valence-corrected chi connectivity index (χ0v) is 6.65. The number of aldehydes is 1. The number of hydrogen-bond acceptors (Lipinski definition) is 3. The van der Waals surface area contributed by atoms with E-state index in [9.17, 15) is 9.59 Å². The summed E-state index contributed by atoms with van der Waals surface area (Å²) >= 11 is 0. The molecule has 0 aromatic heterocycles. The van der Waals surface area contributed by atoms with Crippen LogP contribution >= 0.6 is 0 Å². The van der Waals surface area contributed by atoms with E-state index in [-0.39, 0.29) is 5.56 Å². The van der Waals surface area contributed by atoms with Crippen molar-refractivity contribution in [1.29, 1.82) is 5.26 Å². The minimum Gasteiger partial charge on any atom is -0.328 e. The van der Waals surface area contributed by atoms with Gasteiger partial charge in [0.05, 0.1) is 11.3 Å². The van der Waals surface area contributed by atoms with Gasteiger partial charge in [-0.2, -0.15) is 5.26 Å². The lowest BCUT2D eigenvalue weighted by Gasteiger charge is -2.00. The van der Waals surface area contributed by atoms with Gasteiger partial charge in [-0.05, 0) is 18.2 Å². The minimum absolute atomic E-state index is 0.275. The SMILES string of the molecule is N#Cc1cc(C=O)ccc1NC=O. The van der Waals surface area contributed by atoms with E-state index in [1.807, 2.05) is 6.07 Å². The number of anilines is 1. The van der Waals surface area contributed by atoms with Crippen LogP contribution in [0.25, 0.3) is 0 Å². The number of carbonyl (C=O) groups excluding carboxylic acids is 2. The van der Waals surface area contributed by atoms with E-state index in [0.717, 1.165) is 0 Å². The highest BCUT2D eigenvalue weighted by Crippen LogP contribution is 2.14. The lowest BCUT2D eigenvalue weighted by atomic mass is 10.1. The lowest BCUT2D eigenvalue weighted by Crippen LogP contribution is -1.97. The fraction of sp³-hybridized carbons (Fsp3) is 0. The van der Waals surface area contributed by atoms with Crippen LogP contribution in [-0.2, 0) is 4.79 Å². The number of nitrogens with zero attached hydrogens (tertiary/aromatic N) is 1. The molecule has 0 fully saturated rings. The molecule has 0 saturated carbocycles. The van der Waals surface area contributed by atoms with Crippen molar-refractivity contribution >= 4 is 18.4 Å². The number of hydrogen-bond donors (Lipinski definition) is 1. The molecule has 0 bridgehead atoms. The van der Waals surface area contributed by atoms with Crippen LogP contribution < -0.4 is 5.32 Å². The molecule has 4 heteroatoms. The molecule has 0 atom stereocenters. The third-order valence-corrected chi connectivity index (χ3v) is 1.51. The molecule has 1 N–H and O–H groups in total. The van der Waals surface area contributed by atoms with Crippen molar-refractivity contribution in [1.82, 2.24) is 0 Å². The smallest absolute Gasteiger partial charge is 0.211 e. The van der Waals surface area contributed by atoms with Crippen molar-refractivity contribution in [3.63, 3.8) is 0 Å². The second-order valence-electron chi connectivity index (χ2n) is 2.30. The highest BCUT2D eigenvalue weighted by atomic mass is 16.1. The molecule has 1 aromatic rings. The van der Waals surface area contributed by atoms with Gasteiger partial charge in [0, 0.05) is 5.56 Å². The summed E-state index contributed by atoms with van der Waals surface area (Å²) in [5.41, 5.74) is 1.09. The average Bonchev–Trinajstić information content (AvgIpc) is 2.19. The maximum absolute atomic E-state index is 10.3. The molecule has 0 spiro atoms. The van der Waals surface area contributed by atoms with Crippen LogP contribution in [0.3, 0.4) is 0 Å². The van der Waals surface area contributed by atoms with Gasteiger partial charge < -0.3 is 5.32 Å². The molecule has 0 heterocycles. The van der Waals surface area contributed by atoms with Crippen LogP contribution in [-0.4, -0.2) is 12.7 Å². The first kappa shape index (κ1) is 8.94. The van der Waals surface area contributed by atoms with Crippen LogP contribution in [0.1, 0.15) is 15.9 Å². The molecule has 1 amide bonds. The van der Waals surface area contributed by atoms with Crippen LogP contribution in [0, 0.1) is 11.3 Å². The first-order valence-electron chi connectivity index (χ1n) is 3.51. The van der Waals surface area contributed by atoms with Crippen molar-refractivity contribution in [2.45, 2.75) is 0 Å². The Morgan fingerprint density at radius 2 is 2.15 bits per heavy atom. The Morgan fingerprint density at radius 1 is 1.38 bits per heavy atom. The summed E-state index contributed by atoms with van der Waals surface area (Å²) in [5, 5.41) is 11.0. The van der Waals surface area contributed by atoms with Crippen molar-refractivity contribution < 1.29 is 9.59 Å². The van der Waals surface area contributed by atoms with Crippen LogP contribution in [0.4, 0.5) is 5.69 Å². The molecule has 13 heavy (non-hydrogen) atoms. The third kappa shape index (κ3) is 1.91. The van der Waals surface area contributed by atoms with Gasteiger partial charge in [-0.3, -0.25) is 9.59 Å². The molecular weight excluding hydrogens is 168 g/mol. The van der Waals surface area contributed by atoms with Gasteiger partial charge in [0.25, 0.3) is 0 Å². The molecule has 0 radical (unpaired) electrons. The van der Waals surface area contributed by atoms with E-state index in [4.69, 9.17) is 5.26 Å². The number of rotatable bonds is 3. The van der Waals surface area contributed by atoms with E-state index in [1.165, 1.54) is 18.2 Å². The van der Waals surface area contributed by atoms with Gasteiger partial charge in [-0.25, -0.2) is 0 Å². The van der Waals surface area contributed by atoms with E-state index in [0.29, 0.717) is 23.9 Å². The fourth-order valence-electron chi connectivity index (χ4n) is 0.917. The van der Waals surface area contributed by atoms with Crippen molar-refractivity contribution in [3.05, 3.63) is 29.3 Å². The second kappa shape index (κ2) is 4.02. The first-order chi connectivity index (χ1) is 6.31. The van der Waals surface area contributed by atoms with E-state index in [2.05, 4.69) is 5.32 Å². The topological polar surface area (TPSA) is 70.0 Å². The number of amides is 1. The van der Waals surface area contributed by atoms with Crippen molar-refractivity contribution in [2.24, 2.45) is 0 Å². The lowest BCUT2D eigenvalue weighted by molar-refractivity contribution is -0.105. The minimum atomic E-state index is 0.275. The summed E-state index contributed by atoms with van der Waals surface area (Å²) < 4.78 is 0. The normalized spacial score (nSPS) is 8.54. The molecule has 1 rings (SSSR count). The number of nitriles is 1. The molecule has 0 aliphatic heterocycles. The predicted octanol–water partition coefficient (Wildman–Crippen LogP) is 0.939. The molecule has 0 aliphatic rings. The largest absolute Gasteiger partial charge is 0.328 e. The molecule has 64 valence electrons. The fourth-order valence-corrected chi connectivity index (χ4v) is 0.917. The summed E-state index contributed by atoms with van der Waals surface area (Å²) in [5.74, 6) is 0. The Bertz CT molecular complexity index is 380. The molecule has 0 saturated heterocycles. The monoisotopic (exact) mass is 174 g/mol. The van der Waals surface area contributed by atoms with Gasteiger partial charge in [0.15, 0.2) is 0 Å².